The molecule has 0 saturated carbocycles. The van der Waals surface area contributed by atoms with Gasteiger partial charge in [0.05, 0.1) is 13.1 Å². The van der Waals surface area contributed by atoms with Crippen molar-refractivity contribution < 1.29 is 24.3 Å². The van der Waals surface area contributed by atoms with Gasteiger partial charge in [-0.15, -0.1) is 12.3 Å². The Bertz CT molecular complexity index is 400. The second-order valence-electron chi connectivity index (χ2n) is 3.43. The van der Waals surface area contributed by atoms with E-state index in [0.29, 0.717) is 0 Å². The fourth-order valence-electron chi connectivity index (χ4n) is 0.931. The molecule has 0 atom stereocenters. The minimum atomic E-state index is -1.18. The number of terminal acetylenes is 1. The summed E-state index contributed by atoms with van der Waals surface area (Å²) in [6.45, 7) is -1.14. The van der Waals surface area contributed by atoms with Crippen molar-refractivity contribution in [1.82, 2.24) is 16.0 Å². The quantitative estimate of drug-likeness (QED) is 0.373. The van der Waals surface area contributed by atoms with Gasteiger partial charge in [0.25, 0.3) is 0 Å². The standard InChI is InChI=1S/C11H15N3O5/c1-2-3-4-8(15)12-5-9(16)13-6-10(17)14-7-11(18)19/h1H,3-7H2,(H,12,15)(H,13,16)(H,14,17)(H,18,19). The van der Waals surface area contributed by atoms with Crippen LogP contribution in [0.1, 0.15) is 12.8 Å². The molecule has 0 radical (unpaired) electrons. The predicted octanol–water partition coefficient (Wildman–Crippen LogP) is -2.17. The monoisotopic (exact) mass is 269 g/mol. The number of hydrogen-bond donors (Lipinski definition) is 4. The molecule has 0 aromatic carbocycles. The second kappa shape index (κ2) is 9.47. The van der Waals surface area contributed by atoms with Gasteiger partial charge in [0, 0.05) is 12.8 Å². The number of carboxylic acids is 1. The summed E-state index contributed by atoms with van der Waals surface area (Å²) < 4.78 is 0. The molecular weight excluding hydrogens is 254 g/mol. The van der Waals surface area contributed by atoms with Gasteiger partial charge >= 0.3 is 5.97 Å². The number of aliphatic carboxylic acids is 1. The predicted molar refractivity (Wildman–Crippen MR) is 64.7 cm³/mol. The molecule has 8 heteroatoms. The number of hydrogen-bond acceptors (Lipinski definition) is 4. The molecule has 0 saturated heterocycles. The molecule has 0 unspecified atom stereocenters. The van der Waals surface area contributed by atoms with Gasteiger partial charge in [-0.25, -0.2) is 0 Å². The molecule has 19 heavy (non-hydrogen) atoms. The van der Waals surface area contributed by atoms with E-state index in [1.165, 1.54) is 0 Å². The van der Waals surface area contributed by atoms with Gasteiger partial charge in [0.2, 0.25) is 17.7 Å². The fraction of sp³-hybridized carbons (Fsp3) is 0.455. The lowest BCUT2D eigenvalue weighted by Gasteiger charge is -2.06. The van der Waals surface area contributed by atoms with Gasteiger partial charge in [-0.3, -0.25) is 19.2 Å². The first-order valence-electron chi connectivity index (χ1n) is 5.41. The van der Waals surface area contributed by atoms with E-state index < -0.39 is 24.3 Å². The Morgan fingerprint density at radius 3 is 1.84 bits per heavy atom. The number of carboxylic acid groups (broad SMARTS) is 1. The zero-order valence-electron chi connectivity index (χ0n) is 10.2. The second-order valence-corrected chi connectivity index (χ2v) is 3.43. The van der Waals surface area contributed by atoms with Crippen LogP contribution < -0.4 is 16.0 Å². The molecule has 3 amide bonds. The van der Waals surface area contributed by atoms with Crippen LogP contribution in [0.2, 0.25) is 0 Å². The first kappa shape index (κ1) is 16.4. The Kier molecular flexibility index (Phi) is 8.19. The molecule has 0 bridgehead atoms. The third-order valence-electron chi connectivity index (χ3n) is 1.83. The minimum Gasteiger partial charge on any atom is -0.480 e. The van der Waals surface area contributed by atoms with Crippen molar-refractivity contribution in [1.29, 1.82) is 0 Å². The highest BCUT2D eigenvalue weighted by Gasteiger charge is 2.08. The molecule has 0 heterocycles. The Labute approximate surface area is 109 Å². The molecule has 0 spiro atoms. The van der Waals surface area contributed by atoms with Crippen LogP contribution in [0.15, 0.2) is 0 Å². The van der Waals surface area contributed by atoms with E-state index in [4.69, 9.17) is 11.5 Å². The van der Waals surface area contributed by atoms with Crippen LogP contribution >= 0.6 is 0 Å². The summed E-state index contributed by atoms with van der Waals surface area (Å²) in [7, 11) is 0. The molecule has 0 aliphatic rings. The summed E-state index contributed by atoms with van der Waals surface area (Å²) >= 11 is 0. The smallest absolute Gasteiger partial charge is 0.322 e. The summed E-state index contributed by atoms with van der Waals surface area (Å²) in [5.74, 6) is -0.437. The first-order chi connectivity index (χ1) is 8.95. The number of carbonyl (C=O) groups is 4. The van der Waals surface area contributed by atoms with Crippen LogP contribution in [0, 0.1) is 12.3 Å². The highest BCUT2D eigenvalue weighted by Crippen LogP contribution is 1.84. The maximum Gasteiger partial charge on any atom is 0.322 e. The molecule has 0 aliphatic carbocycles. The molecule has 0 aromatic heterocycles. The van der Waals surface area contributed by atoms with E-state index >= 15 is 0 Å². The molecule has 0 rings (SSSR count). The number of carbonyl (C=O) groups excluding carboxylic acids is 3. The maximum absolute atomic E-state index is 11.2. The van der Waals surface area contributed by atoms with Crippen LogP contribution in [0.3, 0.4) is 0 Å². The first-order valence-corrected chi connectivity index (χ1v) is 5.41. The normalized spacial score (nSPS) is 9.00. The molecule has 0 aromatic rings. The lowest BCUT2D eigenvalue weighted by molar-refractivity contribution is -0.137. The van der Waals surface area contributed by atoms with Crippen molar-refractivity contribution in [3.8, 4) is 12.3 Å². The summed E-state index contributed by atoms with van der Waals surface area (Å²) in [6, 6.07) is 0. The van der Waals surface area contributed by atoms with Crippen LogP contribution in [0.4, 0.5) is 0 Å². The topological polar surface area (TPSA) is 125 Å². The van der Waals surface area contributed by atoms with Crippen molar-refractivity contribution in [2.75, 3.05) is 19.6 Å². The zero-order valence-corrected chi connectivity index (χ0v) is 10.2. The molecule has 0 fully saturated rings. The van der Waals surface area contributed by atoms with Gasteiger partial charge in [-0.1, -0.05) is 0 Å². The lowest BCUT2D eigenvalue weighted by Crippen LogP contribution is -2.42. The van der Waals surface area contributed by atoms with Gasteiger partial charge in [-0.05, 0) is 0 Å². The summed E-state index contributed by atoms with van der Waals surface area (Å²) in [5.41, 5.74) is 0. The average Bonchev–Trinajstić information content (AvgIpc) is 2.37. The number of nitrogens with one attached hydrogen (secondary N) is 3. The molecule has 8 nitrogen and oxygen atoms in total. The highest BCUT2D eigenvalue weighted by molar-refractivity contribution is 5.89. The summed E-state index contributed by atoms with van der Waals surface area (Å²) in [5, 5.41) is 14.9. The van der Waals surface area contributed by atoms with Crippen molar-refractivity contribution in [3.63, 3.8) is 0 Å². The van der Waals surface area contributed by atoms with Crippen LogP contribution in [-0.4, -0.2) is 48.4 Å². The Balaban J connectivity index is 3.70. The molecular formula is C11H15N3O5. The van der Waals surface area contributed by atoms with E-state index in [1.54, 1.807) is 0 Å². The van der Waals surface area contributed by atoms with Crippen LogP contribution in [0.25, 0.3) is 0 Å². The summed E-state index contributed by atoms with van der Waals surface area (Å²) in [6.07, 6.45) is 5.38. The van der Waals surface area contributed by atoms with Gasteiger partial charge in [-0.2, -0.15) is 0 Å². The van der Waals surface area contributed by atoms with E-state index in [2.05, 4.69) is 21.9 Å². The highest BCUT2D eigenvalue weighted by atomic mass is 16.4. The third kappa shape index (κ3) is 10.3. The number of rotatable bonds is 8. The third-order valence-corrected chi connectivity index (χ3v) is 1.83. The molecule has 4 N–H and O–H groups in total. The lowest BCUT2D eigenvalue weighted by atomic mass is 10.3. The SMILES string of the molecule is C#CCCC(=O)NCC(=O)NCC(=O)NCC(=O)O. The largest absolute Gasteiger partial charge is 0.480 e. The van der Waals surface area contributed by atoms with E-state index in [-0.39, 0.29) is 31.8 Å². The van der Waals surface area contributed by atoms with E-state index in [9.17, 15) is 19.2 Å². The van der Waals surface area contributed by atoms with Crippen LogP contribution in [0.5, 0.6) is 0 Å². The minimum absolute atomic E-state index is 0.128. The van der Waals surface area contributed by atoms with E-state index in [1.807, 2.05) is 0 Å². The van der Waals surface area contributed by atoms with Crippen molar-refractivity contribution >= 4 is 23.7 Å². The van der Waals surface area contributed by atoms with Crippen molar-refractivity contribution in [2.24, 2.45) is 0 Å². The van der Waals surface area contributed by atoms with Crippen molar-refractivity contribution in [2.45, 2.75) is 12.8 Å². The van der Waals surface area contributed by atoms with Gasteiger partial charge < -0.3 is 21.1 Å². The fourth-order valence-corrected chi connectivity index (χ4v) is 0.931. The van der Waals surface area contributed by atoms with Crippen LogP contribution in [-0.2, 0) is 19.2 Å². The molecule has 104 valence electrons. The maximum atomic E-state index is 11.2. The average molecular weight is 269 g/mol. The van der Waals surface area contributed by atoms with Gasteiger partial charge in [0.1, 0.15) is 6.54 Å². The van der Waals surface area contributed by atoms with Gasteiger partial charge in [0.15, 0.2) is 0 Å². The Hall–Kier alpha value is -2.56. The van der Waals surface area contributed by atoms with Crippen molar-refractivity contribution in [3.05, 3.63) is 0 Å². The zero-order chi connectivity index (χ0) is 14.7. The molecule has 0 aliphatic heterocycles. The number of amides is 3. The Morgan fingerprint density at radius 2 is 1.37 bits per heavy atom. The summed E-state index contributed by atoms with van der Waals surface area (Å²) in [4.78, 5) is 43.5. The van der Waals surface area contributed by atoms with E-state index in [0.717, 1.165) is 0 Å². The Morgan fingerprint density at radius 1 is 0.895 bits per heavy atom.